The molecule has 1 N–H and O–H groups in total. The number of rotatable bonds is 7. The summed E-state index contributed by atoms with van der Waals surface area (Å²) in [5.41, 5.74) is 6.50. The van der Waals surface area contributed by atoms with Gasteiger partial charge in [-0.1, -0.05) is 24.3 Å². The smallest absolute Gasteiger partial charge is 0.294 e. The molecule has 0 bridgehead atoms. The Bertz CT molecular complexity index is 1650. The molecule has 0 spiro atoms. The summed E-state index contributed by atoms with van der Waals surface area (Å²) < 4.78 is 6.05. The maximum absolute atomic E-state index is 13.9. The molecule has 0 saturated carbocycles. The van der Waals surface area contributed by atoms with Crippen LogP contribution in [0, 0.1) is 11.3 Å². The zero-order valence-corrected chi connectivity index (χ0v) is 22.5. The topological polar surface area (TPSA) is 85.4 Å². The summed E-state index contributed by atoms with van der Waals surface area (Å²) in [6, 6.07) is 33.1. The number of aromatic nitrogens is 1. The maximum atomic E-state index is 13.9. The fourth-order valence-electron chi connectivity index (χ4n) is 5.03. The van der Waals surface area contributed by atoms with E-state index < -0.39 is 0 Å². The maximum Gasteiger partial charge on any atom is 0.294 e. The van der Waals surface area contributed by atoms with Crippen molar-refractivity contribution in [1.29, 1.82) is 5.26 Å². The van der Waals surface area contributed by atoms with E-state index in [0.717, 1.165) is 59.8 Å². The summed E-state index contributed by atoms with van der Waals surface area (Å²) in [4.78, 5) is 22.1. The number of carbonyl (C=O) groups is 1. The van der Waals surface area contributed by atoms with Crippen LogP contribution in [0.4, 0.5) is 11.4 Å². The van der Waals surface area contributed by atoms with E-state index in [9.17, 15) is 4.79 Å². The molecule has 3 heterocycles. The number of nitrogens with one attached hydrogen (secondary N) is 1. The number of pyridine rings is 1. The number of amides is 1. The molecule has 1 aliphatic rings. The van der Waals surface area contributed by atoms with Crippen LogP contribution in [-0.2, 0) is 6.54 Å². The van der Waals surface area contributed by atoms with Crippen molar-refractivity contribution in [3.05, 3.63) is 126 Å². The van der Waals surface area contributed by atoms with Gasteiger partial charge >= 0.3 is 0 Å². The van der Waals surface area contributed by atoms with Gasteiger partial charge in [0, 0.05) is 55.5 Å². The zero-order valence-electron chi connectivity index (χ0n) is 22.5. The Balaban J connectivity index is 1.28. The first-order valence-corrected chi connectivity index (χ1v) is 13.7. The van der Waals surface area contributed by atoms with Gasteiger partial charge in [-0.3, -0.25) is 9.78 Å². The molecule has 1 amide bonds. The second kappa shape index (κ2) is 11.9. The molecule has 2 aromatic heterocycles. The van der Waals surface area contributed by atoms with Crippen molar-refractivity contribution < 1.29 is 9.21 Å². The van der Waals surface area contributed by atoms with E-state index in [2.05, 4.69) is 57.7 Å². The first-order chi connectivity index (χ1) is 20.2. The molecule has 7 nitrogen and oxygen atoms in total. The molecular weight excluding hydrogens is 510 g/mol. The van der Waals surface area contributed by atoms with E-state index >= 15 is 0 Å². The second-order valence-electron chi connectivity index (χ2n) is 9.93. The highest BCUT2D eigenvalue weighted by Crippen LogP contribution is 2.28. The molecular formula is C34H29N5O2. The van der Waals surface area contributed by atoms with E-state index in [0.29, 0.717) is 17.9 Å². The Morgan fingerprint density at radius 3 is 2.17 bits per heavy atom. The third kappa shape index (κ3) is 5.88. The molecule has 0 unspecified atom stereocenters. The molecule has 5 aromatic rings. The number of furan rings is 1. The Kier molecular flexibility index (Phi) is 7.57. The predicted octanol–water partition coefficient (Wildman–Crippen LogP) is 6.14. The van der Waals surface area contributed by atoms with Gasteiger partial charge in [0.1, 0.15) is 5.76 Å². The number of anilines is 2. The fourth-order valence-corrected chi connectivity index (χ4v) is 5.03. The molecule has 1 aliphatic heterocycles. The van der Waals surface area contributed by atoms with Crippen LogP contribution in [0.5, 0.6) is 0 Å². The largest absolute Gasteiger partial charge is 0.451 e. The average molecular weight is 540 g/mol. The molecule has 0 radical (unpaired) electrons. The van der Waals surface area contributed by atoms with Gasteiger partial charge in [-0.15, -0.1) is 0 Å². The molecule has 202 valence electrons. The predicted molar refractivity (Wildman–Crippen MR) is 161 cm³/mol. The van der Waals surface area contributed by atoms with Crippen LogP contribution in [0.25, 0.3) is 22.5 Å². The van der Waals surface area contributed by atoms with Crippen molar-refractivity contribution in [2.45, 2.75) is 6.54 Å². The van der Waals surface area contributed by atoms with Gasteiger partial charge in [-0.25, -0.2) is 0 Å². The van der Waals surface area contributed by atoms with Gasteiger partial charge in [0.2, 0.25) is 0 Å². The summed E-state index contributed by atoms with van der Waals surface area (Å²) in [6.07, 6.45) is 3.56. The molecule has 7 heteroatoms. The number of carbonyl (C=O) groups excluding carboxylic acids is 1. The van der Waals surface area contributed by atoms with E-state index in [4.69, 9.17) is 9.68 Å². The molecule has 0 aliphatic carbocycles. The zero-order chi connectivity index (χ0) is 28.0. The van der Waals surface area contributed by atoms with Crippen molar-refractivity contribution in [3.8, 4) is 28.5 Å². The van der Waals surface area contributed by atoms with Gasteiger partial charge in [-0.2, -0.15) is 5.26 Å². The molecule has 3 aromatic carbocycles. The van der Waals surface area contributed by atoms with Gasteiger partial charge in [0.15, 0.2) is 5.76 Å². The lowest BCUT2D eigenvalue weighted by Gasteiger charge is -2.30. The lowest BCUT2D eigenvalue weighted by atomic mass is 10.0. The normalized spacial score (nSPS) is 13.0. The van der Waals surface area contributed by atoms with Gasteiger partial charge in [0.05, 0.1) is 18.2 Å². The number of piperazine rings is 1. The number of hydrogen-bond acceptors (Lipinski definition) is 6. The number of nitrogens with zero attached hydrogens (tertiary/aromatic N) is 4. The van der Waals surface area contributed by atoms with E-state index in [1.807, 2.05) is 36.4 Å². The van der Waals surface area contributed by atoms with Crippen LogP contribution in [0.2, 0.25) is 0 Å². The minimum absolute atomic E-state index is 0.224. The SMILES string of the molecule is N#Cc1ccc(-c2ccc(C(=O)N(Cc3ccc(-c4ccncc4)cc3)c3ccc(N4CCNCC4)cc3)o2)cc1. The number of hydrogen-bond donors (Lipinski definition) is 1. The first kappa shape index (κ1) is 26.1. The van der Waals surface area contributed by atoms with Crippen LogP contribution in [0.3, 0.4) is 0 Å². The van der Waals surface area contributed by atoms with Crippen molar-refractivity contribution in [3.63, 3.8) is 0 Å². The third-order valence-corrected chi connectivity index (χ3v) is 7.31. The van der Waals surface area contributed by atoms with E-state index in [-0.39, 0.29) is 11.7 Å². The molecule has 1 fully saturated rings. The number of benzene rings is 3. The fraction of sp³-hybridized carbons (Fsp3) is 0.147. The third-order valence-electron chi connectivity index (χ3n) is 7.31. The monoisotopic (exact) mass is 539 g/mol. The Morgan fingerprint density at radius 2 is 1.49 bits per heavy atom. The van der Waals surface area contributed by atoms with E-state index in [1.54, 1.807) is 41.6 Å². The first-order valence-electron chi connectivity index (χ1n) is 13.7. The summed E-state index contributed by atoms with van der Waals surface area (Å²) >= 11 is 0. The minimum Gasteiger partial charge on any atom is -0.451 e. The standard InChI is InChI=1S/C34H29N5O2/c35-23-25-1-7-29(8-2-25)32-13-14-33(41-32)34(40)39(31-11-9-30(10-12-31)38-21-19-37-20-22-38)24-26-3-5-27(6-4-26)28-15-17-36-18-16-28/h1-18,37H,19-22,24H2. The van der Waals surface area contributed by atoms with Crippen molar-refractivity contribution in [1.82, 2.24) is 10.3 Å². The minimum atomic E-state index is -0.224. The quantitative estimate of drug-likeness (QED) is 0.268. The van der Waals surface area contributed by atoms with Crippen LogP contribution in [0.1, 0.15) is 21.7 Å². The van der Waals surface area contributed by atoms with Crippen LogP contribution < -0.4 is 15.1 Å². The molecule has 41 heavy (non-hydrogen) atoms. The molecule has 6 rings (SSSR count). The summed E-state index contributed by atoms with van der Waals surface area (Å²) in [5.74, 6) is 0.607. The van der Waals surface area contributed by atoms with Crippen molar-refractivity contribution in [2.24, 2.45) is 0 Å². The highest BCUT2D eigenvalue weighted by Gasteiger charge is 2.23. The van der Waals surface area contributed by atoms with Crippen LogP contribution >= 0.6 is 0 Å². The highest BCUT2D eigenvalue weighted by molar-refractivity contribution is 6.04. The lowest BCUT2D eigenvalue weighted by molar-refractivity contribution is 0.0959. The Hall–Kier alpha value is -5.19. The number of nitriles is 1. The second-order valence-corrected chi connectivity index (χ2v) is 9.93. The lowest BCUT2D eigenvalue weighted by Crippen LogP contribution is -2.43. The molecule has 0 atom stereocenters. The van der Waals surface area contributed by atoms with Crippen LogP contribution in [-0.4, -0.2) is 37.1 Å². The van der Waals surface area contributed by atoms with Crippen molar-refractivity contribution >= 4 is 17.3 Å². The van der Waals surface area contributed by atoms with E-state index in [1.165, 1.54) is 0 Å². The van der Waals surface area contributed by atoms with Crippen LogP contribution in [0.15, 0.2) is 114 Å². The van der Waals surface area contributed by atoms with Gasteiger partial charge in [0.25, 0.3) is 5.91 Å². The van der Waals surface area contributed by atoms with Gasteiger partial charge < -0.3 is 19.5 Å². The Labute approximate surface area is 239 Å². The highest BCUT2D eigenvalue weighted by atomic mass is 16.4. The molecule has 1 saturated heterocycles. The summed E-state index contributed by atoms with van der Waals surface area (Å²) in [7, 11) is 0. The average Bonchev–Trinajstić information content (AvgIpc) is 3.55. The summed E-state index contributed by atoms with van der Waals surface area (Å²) in [6.45, 7) is 4.21. The summed E-state index contributed by atoms with van der Waals surface area (Å²) in [5, 5.41) is 12.5. The van der Waals surface area contributed by atoms with Gasteiger partial charge in [-0.05, 0) is 89.5 Å². The Morgan fingerprint density at radius 1 is 0.829 bits per heavy atom. The van der Waals surface area contributed by atoms with Crippen molar-refractivity contribution in [2.75, 3.05) is 36.0 Å².